The van der Waals surface area contributed by atoms with Crippen molar-refractivity contribution >= 4 is 0 Å². The van der Waals surface area contributed by atoms with Crippen LogP contribution in [0.4, 0.5) is 0 Å². The Kier molecular flexibility index (Phi) is 4.07. The summed E-state index contributed by atoms with van der Waals surface area (Å²) in [5, 5.41) is 0. The summed E-state index contributed by atoms with van der Waals surface area (Å²) in [5.41, 5.74) is 0.573. The zero-order valence-electron chi connectivity index (χ0n) is 12.3. The molecule has 0 amide bonds. The number of rotatable bonds is 4. The van der Waals surface area contributed by atoms with E-state index in [0.29, 0.717) is 11.6 Å². The topological polar surface area (TPSA) is 6.48 Å². The van der Waals surface area contributed by atoms with Gasteiger partial charge in [0.15, 0.2) is 0 Å². The molecule has 1 fully saturated rings. The third-order valence-electron chi connectivity index (χ3n) is 5.23. The van der Waals surface area contributed by atoms with E-state index in [1.54, 1.807) is 0 Å². The van der Waals surface area contributed by atoms with Gasteiger partial charge in [0, 0.05) is 11.6 Å². The fraction of sp³-hybridized carbons (Fsp3) is 1.00. The summed E-state index contributed by atoms with van der Waals surface area (Å²) < 4.78 is 0. The molecule has 0 N–H and O–H groups in total. The van der Waals surface area contributed by atoms with E-state index in [-0.39, 0.29) is 5.66 Å². The van der Waals surface area contributed by atoms with E-state index in [1.165, 1.54) is 12.8 Å². The van der Waals surface area contributed by atoms with E-state index >= 15 is 0 Å². The Balaban J connectivity index is 3.19. The number of hydrogen-bond donors (Lipinski definition) is 0. The van der Waals surface area contributed by atoms with Crippen molar-refractivity contribution < 1.29 is 0 Å². The van der Waals surface area contributed by atoms with E-state index in [1.807, 2.05) is 0 Å². The Morgan fingerprint density at radius 2 is 1.50 bits per heavy atom. The van der Waals surface area contributed by atoms with Crippen molar-refractivity contribution in [1.29, 1.82) is 0 Å². The van der Waals surface area contributed by atoms with Crippen molar-refractivity contribution in [2.75, 3.05) is 13.1 Å². The number of hydrogen-bond acceptors (Lipinski definition) is 2. The molecule has 0 bridgehead atoms. The third kappa shape index (κ3) is 1.62. The van der Waals surface area contributed by atoms with Crippen LogP contribution in [0.3, 0.4) is 0 Å². The van der Waals surface area contributed by atoms with Crippen LogP contribution < -0.4 is 0 Å². The highest BCUT2D eigenvalue weighted by atomic mass is 15.5. The predicted octanol–water partition coefficient (Wildman–Crippen LogP) is 3.33. The summed E-state index contributed by atoms with van der Waals surface area (Å²) in [6, 6.07) is 0.646. The van der Waals surface area contributed by atoms with Crippen LogP contribution >= 0.6 is 0 Å². The summed E-state index contributed by atoms with van der Waals surface area (Å²) in [6.07, 6.45) is 2.43. The first-order chi connectivity index (χ1) is 7.42. The molecule has 0 aliphatic carbocycles. The number of likely N-dealkylation sites (N-methyl/N-ethyl adjacent to an activating group) is 2. The Morgan fingerprint density at radius 1 is 0.938 bits per heavy atom. The lowest BCUT2D eigenvalue weighted by molar-refractivity contribution is 0.000294. The third-order valence-corrected chi connectivity index (χ3v) is 5.23. The zero-order chi connectivity index (χ0) is 12.6. The quantitative estimate of drug-likeness (QED) is 0.725. The second kappa shape index (κ2) is 4.66. The van der Waals surface area contributed by atoms with Gasteiger partial charge in [-0.25, -0.2) is 0 Å². The molecule has 2 heteroatoms. The molecule has 3 unspecified atom stereocenters. The lowest BCUT2D eigenvalue weighted by Crippen LogP contribution is -2.54. The fourth-order valence-electron chi connectivity index (χ4n) is 3.88. The normalized spacial score (nSPS) is 41.8. The van der Waals surface area contributed by atoms with Gasteiger partial charge in [-0.15, -0.1) is 0 Å². The van der Waals surface area contributed by atoms with Crippen LogP contribution in [0.1, 0.15) is 61.3 Å². The van der Waals surface area contributed by atoms with Gasteiger partial charge >= 0.3 is 0 Å². The Labute approximate surface area is 102 Å². The Hall–Kier alpha value is -0.0800. The van der Waals surface area contributed by atoms with Gasteiger partial charge < -0.3 is 0 Å². The monoisotopic (exact) mass is 226 g/mol. The van der Waals surface area contributed by atoms with Crippen LogP contribution in [0.25, 0.3) is 0 Å². The van der Waals surface area contributed by atoms with Crippen LogP contribution in [0.2, 0.25) is 0 Å². The summed E-state index contributed by atoms with van der Waals surface area (Å²) in [5.74, 6) is 0. The molecule has 1 saturated heterocycles. The van der Waals surface area contributed by atoms with E-state index in [0.717, 1.165) is 13.1 Å². The highest BCUT2D eigenvalue weighted by molar-refractivity contribution is 5.09. The summed E-state index contributed by atoms with van der Waals surface area (Å²) in [4.78, 5) is 5.40. The van der Waals surface area contributed by atoms with Crippen molar-refractivity contribution in [1.82, 2.24) is 9.80 Å². The largest absolute Gasteiger partial charge is 0.281 e. The van der Waals surface area contributed by atoms with E-state index in [2.05, 4.69) is 58.3 Å². The minimum Gasteiger partial charge on any atom is -0.281 e. The maximum atomic E-state index is 2.72. The maximum Gasteiger partial charge on any atom is 0.0713 e. The summed E-state index contributed by atoms with van der Waals surface area (Å²) in [7, 11) is 0. The highest BCUT2D eigenvalue weighted by Gasteiger charge is 2.55. The summed E-state index contributed by atoms with van der Waals surface area (Å²) in [6.45, 7) is 18.8. The SMILES string of the molecule is CCN1C(C)C(C)(CC)N(CC)C1(C)CC. The molecular weight excluding hydrogens is 196 g/mol. The van der Waals surface area contributed by atoms with Gasteiger partial charge in [-0.1, -0.05) is 27.7 Å². The molecule has 2 nitrogen and oxygen atoms in total. The Morgan fingerprint density at radius 3 is 1.81 bits per heavy atom. The molecule has 1 heterocycles. The van der Waals surface area contributed by atoms with Crippen LogP contribution in [0.15, 0.2) is 0 Å². The molecule has 0 aromatic heterocycles. The lowest BCUT2D eigenvalue weighted by Gasteiger charge is -2.44. The van der Waals surface area contributed by atoms with E-state index in [9.17, 15) is 0 Å². The van der Waals surface area contributed by atoms with Crippen LogP contribution in [-0.4, -0.2) is 40.1 Å². The first-order valence-electron chi connectivity index (χ1n) is 6.96. The lowest BCUT2D eigenvalue weighted by atomic mass is 9.90. The summed E-state index contributed by atoms with van der Waals surface area (Å²) >= 11 is 0. The molecule has 0 radical (unpaired) electrons. The first-order valence-corrected chi connectivity index (χ1v) is 6.96. The van der Waals surface area contributed by atoms with Crippen molar-refractivity contribution in [3.63, 3.8) is 0 Å². The van der Waals surface area contributed by atoms with Crippen molar-refractivity contribution in [2.24, 2.45) is 0 Å². The Bertz CT molecular complexity index is 241. The maximum absolute atomic E-state index is 2.72. The second-order valence-electron chi connectivity index (χ2n) is 5.49. The van der Waals surface area contributed by atoms with Gasteiger partial charge in [-0.3, -0.25) is 9.80 Å². The van der Waals surface area contributed by atoms with Crippen LogP contribution in [-0.2, 0) is 0 Å². The second-order valence-corrected chi connectivity index (χ2v) is 5.49. The predicted molar refractivity (Wildman–Crippen MR) is 71.6 cm³/mol. The van der Waals surface area contributed by atoms with E-state index < -0.39 is 0 Å². The zero-order valence-corrected chi connectivity index (χ0v) is 12.3. The molecule has 1 aliphatic rings. The molecule has 0 spiro atoms. The molecule has 0 aromatic rings. The van der Waals surface area contributed by atoms with Gasteiger partial charge in [-0.05, 0) is 46.7 Å². The highest BCUT2D eigenvalue weighted by Crippen LogP contribution is 2.45. The van der Waals surface area contributed by atoms with E-state index in [4.69, 9.17) is 0 Å². The molecule has 3 atom stereocenters. The average molecular weight is 226 g/mol. The minimum absolute atomic E-state index is 0.244. The molecule has 0 aromatic carbocycles. The van der Waals surface area contributed by atoms with Crippen molar-refractivity contribution in [3.05, 3.63) is 0 Å². The smallest absolute Gasteiger partial charge is 0.0713 e. The van der Waals surface area contributed by atoms with Crippen LogP contribution in [0.5, 0.6) is 0 Å². The van der Waals surface area contributed by atoms with Crippen LogP contribution in [0, 0.1) is 0 Å². The molecule has 1 aliphatic heterocycles. The molecule has 1 rings (SSSR count). The van der Waals surface area contributed by atoms with Gasteiger partial charge in [0.2, 0.25) is 0 Å². The molecule has 96 valence electrons. The number of nitrogens with zero attached hydrogens (tertiary/aromatic N) is 2. The van der Waals surface area contributed by atoms with Gasteiger partial charge in [0.05, 0.1) is 5.66 Å². The fourth-order valence-corrected chi connectivity index (χ4v) is 3.88. The van der Waals surface area contributed by atoms with Crippen molar-refractivity contribution in [3.8, 4) is 0 Å². The average Bonchev–Trinajstić information content (AvgIpc) is 2.45. The molecule has 0 saturated carbocycles. The van der Waals surface area contributed by atoms with Crippen molar-refractivity contribution in [2.45, 2.75) is 78.6 Å². The van der Waals surface area contributed by atoms with Gasteiger partial charge in [0.25, 0.3) is 0 Å². The first kappa shape index (κ1) is 14.0. The molecule has 16 heavy (non-hydrogen) atoms. The minimum atomic E-state index is 0.244. The van der Waals surface area contributed by atoms with Gasteiger partial charge in [-0.2, -0.15) is 0 Å². The molecular formula is C14H30N2. The van der Waals surface area contributed by atoms with Gasteiger partial charge in [0.1, 0.15) is 0 Å². The standard InChI is InChI=1S/C14H30N2/c1-8-13(6)12(5)15(10-3)14(7,9-2)16(13)11-4/h12H,8-11H2,1-7H3.